The Morgan fingerprint density at radius 3 is 2.86 bits per heavy atom. The van der Waals surface area contributed by atoms with Gasteiger partial charge in [0.2, 0.25) is 5.91 Å². The van der Waals surface area contributed by atoms with Gasteiger partial charge in [-0.1, -0.05) is 12.5 Å². The van der Waals surface area contributed by atoms with Gasteiger partial charge in [0.1, 0.15) is 0 Å². The molecule has 21 heavy (non-hydrogen) atoms. The van der Waals surface area contributed by atoms with E-state index in [1.165, 1.54) is 19.3 Å². The van der Waals surface area contributed by atoms with Crippen molar-refractivity contribution in [3.8, 4) is 0 Å². The third-order valence-electron chi connectivity index (χ3n) is 4.23. The summed E-state index contributed by atoms with van der Waals surface area (Å²) in [6.07, 6.45) is 7.46. The van der Waals surface area contributed by atoms with Gasteiger partial charge in [0.25, 0.3) is 0 Å². The zero-order valence-corrected chi connectivity index (χ0v) is 12.6. The lowest BCUT2D eigenvalue weighted by Crippen LogP contribution is -2.54. The van der Waals surface area contributed by atoms with E-state index in [-0.39, 0.29) is 5.91 Å². The second kappa shape index (κ2) is 8.14. The number of carbonyl (C=O) groups excluding carboxylic acids is 2. The maximum absolute atomic E-state index is 12.0. The first-order valence-corrected chi connectivity index (χ1v) is 7.86. The Kier molecular flexibility index (Phi) is 6.20. The van der Waals surface area contributed by atoms with Crippen LogP contribution >= 0.6 is 0 Å². The number of rotatable bonds is 5. The third-order valence-corrected chi connectivity index (χ3v) is 4.23. The van der Waals surface area contributed by atoms with Gasteiger partial charge in [-0.2, -0.15) is 0 Å². The minimum absolute atomic E-state index is 0.235. The van der Waals surface area contributed by atoms with E-state index in [9.17, 15) is 9.59 Å². The predicted octanol–water partition coefficient (Wildman–Crippen LogP) is 0.605. The number of likely N-dealkylation sites (tertiary alicyclic amines) is 1. The molecule has 2 atom stereocenters. The first-order chi connectivity index (χ1) is 10.2. The SMILES string of the molecule is C=CCNC(=O)NC(=O)CN1CCCCC1C1CCCN1. The lowest BCUT2D eigenvalue weighted by molar-refractivity contribution is -0.122. The standard InChI is InChI=1S/C15H26N4O2/c1-2-8-17-15(21)18-14(20)11-19-10-4-3-7-13(19)12-6-5-9-16-12/h2,12-13,16H,1,3-11H2,(H2,17,18,20,21). The Balaban J connectivity index is 1.82. The molecule has 118 valence electrons. The normalized spacial score (nSPS) is 26.3. The van der Waals surface area contributed by atoms with E-state index in [2.05, 4.69) is 27.4 Å². The minimum Gasteiger partial charge on any atom is -0.334 e. The van der Waals surface area contributed by atoms with Crippen LogP contribution in [0.5, 0.6) is 0 Å². The fraction of sp³-hybridized carbons (Fsp3) is 0.733. The van der Waals surface area contributed by atoms with Crippen LogP contribution in [-0.2, 0) is 4.79 Å². The highest BCUT2D eigenvalue weighted by Crippen LogP contribution is 2.23. The largest absolute Gasteiger partial charge is 0.334 e. The van der Waals surface area contributed by atoms with Crippen LogP contribution in [0.25, 0.3) is 0 Å². The van der Waals surface area contributed by atoms with Crippen LogP contribution in [0.2, 0.25) is 0 Å². The van der Waals surface area contributed by atoms with Crippen LogP contribution in [0, 0.1) is 0 Å². The Hall–Kier alpha value is -1.40. The molecule has 0 aromatic carbocycles. The Labute approximate surface area is 126 Å². The van der Waals surface area contributed by atoms with Crippen molar-refractivity contribution < 1.29 is 9.59 Å². The number of hydrogen-bond acceptors (Lipinski definition) is 4. The summed E-state index contributed by atoms with van der Waals surface area (Å²) >= 11 is 0. The van der Waals surface area contributed by atoms with Gasteiger partial charge in [-0.15, -0.1) is 6.58 Å². The molecule has 2 saturated heterocycles. The fourth-order valence-corrected chi connectivity index (χ4v) is 3.27. The van der Waals surface area contributed by atoms with E-state index in [0.29, 0.717) is 25.2 Å². The van der Waals surface area contributed by atoms with Crippen LogP contribution in [0.3, 0.4) is 0 Å². The molecule has 3 N–H and O–H groups in total. The van der Waals surface area contributed by atoms with Gasteiger partial charge in [0.05, 0.1) is 6.54 Å². The Bertz CT molecular complexity index is 380. The van der Waals surface area contributed by atoms with Crippen molar-refractivity contribution in [2.75, 3.05) is 26.2 Å². The monoisotopic (exact) mass is 294 g/mol. The number of carbonyl (C=O) groups is 2. The van der Waals surface area contributed by atoms with Crippen molar-refractivity contribution in [1.82, 2.24) is 20.9 Å². The molecule has 0 aliphatic carbocycles. The van der Waals surface area contributed by atoms with Gasteiger partial charge in [-0.05, 0) is 38.8 Å². The number of imide groups is 1. The quantitative estimate of drug-likeness (QED) is 0.649. The lowest BCUT2D eigenvalue weighted by atomic mass is 9.94. The van der Waals surface area contributed by atoms with E-state index >= 15 is 0 Å². The molecular weight excluding hydrogens is 268 g/mol. The molecule has 0 bridgehead atoms. The summed E-state index contributed by atoms with van der Waals surface area (Å²) in [5.41, 5.74) is 0. The number of amides is 3. The van der Waals surface area contributed by atoms with Crippen LogP contribution in [0.15, 0.2) is 12.7 Å². The van der Waals surface area contributed by atoms with Crippen molar-refractivity contribution in [2.24, 2.45) is 0 Å². The van der Waals surface area contributed by atoms with Crippen molar-refractivity contribution in [3.05, 3.63) is 12.7 Å². The Morgan fingerprint density at radius 1 is 1.29 bits per heavy atom. The smallest absolute Gasteiger partial charge is 0.321 e. The van der Waals surface area contributed by atoms with Gasteiger partial charge in [0.15, 0.2) is 0 Å². The summed E-state index contributed by atoms with van der Waals surface area (Å²) in [5.74, 6) is -0.235. The summed E-state index contributed by atoms with van der Waals surface area (Å²) in [5, 5.41) is 8.46. The van der Waals surface area contributed by atoms with Gasteiger partial charge in [-0.3, -0.25) is 15.0 Å². The van der Waals surface area contributed by atoms with E-state index in [1.807, 2.05) is 0 Å². The third kappa shape index (κ3) is 4.82. The van der Waals surface area contributed by atoms with E-state index in [4.69, 9.17) is 0 Å². The molecule has 2 heterocycles. The fourth-order valence-electron chi connectivity index (χ4n) is 3.27. The van der Waals surface area contributed by atoms with Crippen LogP contribution in [0.1, 0.15) is 32.1 Å². The molecule has 3 amide bonds. The number of nitrogens with zero attached hydrogens (tertiary/aromatic N) is 1. The molecule has 0 radical (unpaired) electrons. The first kappa shape index (κ1) is 16.0. The second-order valence-electron chi connectivity index (χ2n) is 5.78. The number of urea groups is 1. The molecule has 0 aromatic rings. The maximum atomic E-state index is 12.0. The van der Waals surface area contributed by atoms with E-state index < -0.39 is 6.03 Å². The lowest BCUT2D eigenvalue weighted by Gasteiger charge is -2.38. The molecule has 2 fully saturated rings. The summed E-state index contributed by atoms with van der Waals surface area (Å²) in [7, 11) is 0. The molecule has 0 spiro atoms. The number of hydrogen-bond donors (Lipinski definition) is 3. The second-order valence-corrected chi connectivity index (χ2v) is 5.78. The maximum Gasteiger partial charge on any atom is 0.321 e. The van der Waals surface area contributed by atoms with Gasteiger partial charge < -0.3 is 10.6 Å². The molecule has 0 aromatic heterocycles. The Morgan fingerprint density at radius 2 is 2.14 bits per heavy atom. The molecule has 6 nitrogen and oxygen atoms in total. The molecule has 2 aliphatic heterocycles. The summed E-state index contributed by atoms with van der Waals surface area (Å²) < 4.78 is 0. The van der Waals surface area contributed by atoms with Crippen molar-refractivity contribution in [2.45, 2.75) is 44.2 Å². The topological polar surface area (TPSA) is 73.5 Å². The zero-order valence-electron chi connectivity index (χ0n) is 12.6. The highest BCUT2D eigenvalue weighted by atomic mass is 16.2. The number of nitrogens with one attached hydrogen (secondary N) is 3. The van der Waals surface area contributed by atoms with Crippen LogP contribution < -0.4 is 16.0 Å². The highest BCUT2D eigenvalue weighted by Gasteiger charge is 2.32. The number of piperidine rings is 1. The van der Waals surface area contributed by atoms with E-state index in [0.717, 1.165) is 25.9 Å². The molecular formula is C15H26N4O2. The predicted molar refractivity (Wildman–Crippen MR) is 82.0 cm³/mol. The molecule has 0 saturated carbocycles. The summed E-state index contributed by atoms with van der Waals surface area (Å²) in [6, 6.07) is 0.461. The molecule has 2 aliphatic rings. The van der Waals surface area contributed by atoms with Crippen LogP contribution in [-0.4, -0.2) is 55.1 Å². The van der Waals surface area contributed by atoms with Gasteiger partial charge in [-0.25, -0.2) is 4.79 Å². The molecule has 2 unspecified atom stereocenters. The zero-order chi connectivity index (χ0) is 15.1. The summed E-state index contributed by atoms with van der Waals surface area (Å²) in [4.78, 5) is 25.7. The van der Waals surface area contributed by atoms with Gasteiger partial charge in [0, 0.05) is 18.6 Å². The van der Waals surface area contributed by atoms with E-state index in [1.54, 1.807) is 6.08 Å². The van der Waals surface area contributed by atoms with Crippen molar-refractivity contribution >= 4 is 11.9 Å². The summed E-state index contributed by atoms with van der Waals surface area (Å²) in [6.45, 7) is 6.18. The average Bonchev–Trinajstić information content (AvgIpc) is 2.99. The molecule has 6 heteroatoms. The minimum atomic E-state index is -0.451. The highest BCUT2D eigenvalue weighted by molar-refractivity contribution is 5.95. The first-order valence-electron chi connectivity index (χ1n) is 7.86. The van der Waals surface area contributed by atoms with Crippen molar-refractivity contribution in [1.29, 1.82) is 0 Å². The van der Waals surface area contributed by atoms with Crippen LogP contribution in [0.4, 0.5) is 4.79 Å². The average molecular weight is 294 g/mol. The van der Waals surface area contributed by atoms with Gasteiger partial charge >= 0.3 is 6.03 Å². The molecule has 2 rings (SSSR count). The van der Waals surface area contributed by atoms with Crippen molar-refractivity contribution in [3.63, 3.8) is 0 Å².